The maximum Gasteiger partial charge on any atom is 0.229 e. The molecule has 1 aromatic carbocycles. The summed E-state index contributed by atoms with van der Waals surface area (Å²) < 4.78 is 25.8. The van der Waals surface area contributed by atoms with Crippen molar-refractivity contribution >= 4 is 21.7 Å². The van der Waals surface area contributed by atoms with Crippen molar-refractivity contribution in [3.8, 4) is 0 Å². The lowest BCUT2D eigenvalue weighted by molar-refractivity contribution is 0.161. The van der Waals surface area contributed by atoms with Crippen LogP contribution in [0.25, 0.3) is 0 Å². The lowest BCUT2D eigenvalue weighted by atomic mass is 10.0. The van der Waals surface area contributed by atoms with Gasteiger partial charge in [-0.05, 0) is 43.5 Å². The van der Waals surface area contributed by atoms with Gasteiger partial charge in [-0.15, -0.1) is 0 Å². The molecule has 1 atom stereocenters. The zero-order valence-electron chi connectivity index (χ0n) is 18.2. The van der Waals surface area contributed by atoms with E-state index in [0.717, 1.165) is 24.3 Å². The lowest BCUT2D eigenvalue weighted by Crippen LogP contribution is -2.49. The molecule has 1 aliphatic heterocycles. The van der Waals surface area contributed by atoms with Gasteiger partial charge in [0.15, 0.2) is 5.96 Å². The zero-order valence-corrected chi connectivity index (χ0v) is 19.1. The molecule has 0 amide bonds. The summed E-state index contributed by atoms with van der Waals surface area (Å²) >= 11 is 0. The summed E-state index contributed by atoms with van der Waals surface area (Å²) in [5.74, 6) is 1.28. The van der Waals surface area contributed by atoms with Gasteiger partial charge in [-0.2, -0.15) is 0 Å². The number of para-hydroxylation sites is 1. The Morgan fingerprint density at radius 2 is 1.76 bits per heavy atom. The van der Waals surface area contributed by atoms with Gasteiger partial charge in [-0.25, -0.2) is 8.42 Å². The van der Waals surface area contributed by atoms with Crippen LogP contribution in [0.4, 0.5) is 5.69 Å². The van der Waals surface area contributed by atoms with Crippen molar-refractivity contribution < 1.29 is 8.42 Å². The predicted octanol–water partition coefficient (Wildman–Crippen LogP) is 2.62. The summed E-state index contributed by atoms with van der Waals surface area (Å²) in [6, 6.07) is 7.85. The van der Waals surface area contributed by atoms with E-state index < -0.39 is 10.0 Å². The SMILES string of the molecule is CN=C(NCc1ccccc1NS(C)(=O)=O)NCC(C(C)C)N1CCCCCC1. The molecule has 3 N–H and O–H groups in total. The second-order valence-corrected chi connectivity index (χ2v) is 9.85. The number of nitrogens with zero attached hydrogens (tertiary/aromatic N) is 2. The van der Waals surface area contributed by atoms with Gasteiger partial charge in [-0.1, -0.05) is 44.9 Å². The van der Waals surface area contributed by atoms with E-state index in [1.807, 2.05) is 18.2 Å². The van der Waals surface area contributed by atoms with Gasteiger partial charge in [0.05, 0.1) is 11.9 Å². The Morgan fingerprint density at radius 3 is 2.34 bits per heavy atom. The van der Waals surface area contributed by atoms with E-state index >= 15 is 0 Å². The molecule has 7 nitrogen and oxygen atoms in total. The Labute approximate surface area is 176 Å². The first-order valence-electron chi connectivity index (χ1n) is 10.5. The van der Waals surface area contributed by atoms with Gasteiger partial charge in [0.2, 0.25) is 10.0 Å². The molecule has 0 aliphatic carbocycles. The molecule has 1 heterocycles. The largest absolute Gasteiger partial charge is 0.355 e. The highest BCUT2D eigenvalue weighted by molar-refractivity contribution is 7.92. The summed E-state index contributed by atoms with van der Waals surface area (Å²) in [6.07, 6.45) is 6.38. The number of nitrogens with one attached hydrogen (secondary N) is 3. The van der Waals surface area contributed by atoms with Crippen LogP contribution in [0.3, 0.4) is 0 Å². The Hall–Kier alpha value is -1.80. The number of hydrogen-bond acceptors (Lipinski definition) is 4. The van der Waals surface area contributed by atoms with Crippen molar-refractivity contribution in [2.75, 3.05) is 37.7 Å². The Kier molecular flexibility index (Phi) is 9.23. The van der Waals surface area contributed by atoms with Gasteiger partial charge in [0.25, 0.3) is 0 Å². The van der Waals surface area contributed by atoms with Crippen molar-refractivity contribution in [3.05, 3.63) is 29.8 Å². The van der Waals surface area contributed by atoms with Crippen molar-refractivity contribution in [1.82, 2.24) is 15.5 Å². The molecule has 0 radical (unpaired) electrons. The second kappa shape index (κ2) is 11.4. The van der Waals surface area contributed by atoms with Crippen molar-refractivity contribution in [2.24, 2.45) is 10.9 Å². The quantitative estimate of drug-likeness (QED) is 0.442. The Morgan fingerprint density at radius 1 is 1.10 bits per heavy atom. The van der Waals surface area contributed by atoms with E-state index in [0.29, 0.717) is 24.2 Å². The van der Waals surface area contributed by atoms with E-state index in [-0.39, 0.29) is 0 Å². The van der Waals surface area contributed by atoms with Crippen LogP contribution in [0.15, 0.2) is 29.3 Å². The fourth-order valence-corrected chi connectivity index (χ4v) is 4.39. The van der Waals surface area contributed by atoms with Crippen LogP contribution >= 0.6 is 0 Å². The van der Waals surface area contributed by atoms with Gasteiger partial charge >= 0.3 is 0 Å². The lowest BCUT2D eigenvalue weighted by Gasteiger charge is -2.34. The molecule has 2 rings (SSSR count). The maximum atomic E-state index is 11.6. The molecule has 0 spiro atoms. The summed E-state index contributed by atoms with van der Waals surface area (Å²) in [4.78, 5) is 6.95. The minimum absolute atomic E-state index is 0.464. The highest BCUT2D eigenvalue weighted by Crippen LogP contribution is 2.18. The second-order valence-electron chi connectivity index (χ2n) is 8.10. The molecule has 164 valence electrons. The molecule has 29 heavy (non-hydrogen) atoms. The van der Waals surface area contributed by atoms with E-state index in [1.165, 1.54) is 38.8 Å². The molecule has 1 aromatic rings. The molecule has 1 fully saturated rings. The Bertz CT molecular complexity index is 756. The van der Waals surface area contributed by atoms with Crippen LogP contribution in [0.1, 0.15) is 45.1 Å². The molecule has 1 unspecified atom stereocenters. The monoisotopic (exact) mass is 423 g/mol. The fourth-order valence-electron chi connectivity index (χ4n) is 3.79. The number of benzene rings is 1. The smallest absolute Gasteiger partial charge is 0.229 e. The third-order valence-electron chi connectivity index (χ3n) is 5.34. The van der Waals surface area contributed by atoms with Crippen molar-refractivity contribution in [2.45, 2.75) is 52.1 Å². The molecule has 1 aliphatic rings. The molecule has 0 aromatic heterocycles. The molecule has 0 saturated carbocycles. The van der Waals surface area contributed by atoms with Gasteiger partial charge in [-0.3, -0.25) is 14.6 Å². The predicted molar refractivity (Wildman–Crippen MR) is 122 cm³/mol. The first-order valence-corrected chi connectivity index (χ1v) is 12.4. The molecule has 0 bridgehead atoms. The van der Waals surface area contributed by atoms with Gasteiger partial charge in [0, 0.05) is 26.2 Å². The summed E-state index contributed by atoms with van der Waals surface area (Å²) in [6.45, 7) is 8.21. The third-order valence-corrected chi connectivity index (χ3v) is 5.93. The van der Waals surface area contributed by atoms with E-state index in [1.54, 1.807) is 13.1 Å². The number of likely N-dealkylation sites (tertiary alicyclic amines) is 1. The fraction of sp³-hybridized carbons (Fsp3) is 0.667. The number of guanidine groups is 1. The van der Waals surface area contributed by atoms with Crippen LogP contribution in [-0.2, 0) is 16.6 Å². The first kappa shape index (κ1) is 23.5. The summed E-state index contributed by atoms with van der Waals surface area (Å²) in [5, 5.41) is 6.77. The Balaban J connectivity index is 1.95. The van der Waals surface area contributed by atoms with Crippen LogP contribution in [-0.4, -0.2) is 58.3 Å². The van der Waals surface area contributed by atoms with Crippen LogP contribution < -0.4 is 15.4 Å². The normalized spacial score (nSPS) is 17.6. The minimum Gasteiger partial charge on any atom is -0.355 e. The van der Waals surface area contributed by atoms with Crippen LogP contribution in [0.5, 0.6) is 0 Å². The zero-order chi connectivity index (χ0) is 21.3. The summed E-state index contributed by atoms with van der Waals surface area (Å²) in [7, 11) is -1.56. The van der Waals surface area contributed by atoms with Crippen molar-refractivity contribution in [1.29, 1.82) is 0 Å². The van der Waals surface area contributed by atoms with Crippen LogP contribution in [0.2, 0.25) is 0 Å². The third kappa shape index (κ3) is 8.22. The topological polar surface area (TPSA) is 85.8 Å². The average molecular weight is 424 g/mol. The molecular weight excluding hydrogens is 386 g/mol. The van der Waals surface area contributed by atoms with Gasteiger partial charge in [0.1, 0.15) is 0 Å². The molecule has 8 heteroatoms. The highest BCUT2D eigenvalue weighted by atomic mass is 32.2. The molecular formula is C21H37N5O2S. The van der Waals surface area contributed by atoms with E-state index in [9.17, 15) is 8.42 Å². The first-order chi connectivity index (χ1) is 13.8. The van der Waals surface area contributed by atoms with Crippen molar-refractivity contribution in [3.63, 3.8) is 0 Å². The highest BCUT2D eigenvalue weighted by Gasteiger charge is 2.23. The van der Waals surface area contributed by atoms with E-state index in [2.05, 4.69) is 39.1 Å². The molecule has 1 saturated heterocycles. The standard InChI is InChI=1S/C21H37N5O2S/c1-17(2)20(26-13-9-5-6-10-14-26)16-24-21(22-3)23-15-18-11-7-8-12-19(18)25-29(4,27)28/h7-8,11-12,17,20,25H,5-6,9-10,13-16H2,1-4H3,(H2,22,23,24). The number of sulfonamides is 1. The minimum atomic E-state index is -3.32. The summed E-state index contributed by atoms with van der Waals surface area (Å²) in [5.41, 5.74) is 1.45. The average Bonchev–Trinajstić information content (AvgIpc) is 2.93. The maximum absolute atomic E-state index is 11.6. The number of rotatable bonds is 8. The van der Waals surface area contributed by atoms with Gasteiger partial charge < -0.3 is 10.6 Å². The van der Waals surface area contributed by atoms with E-state index in [4.69, 9.17) is 0 Å². The number of aliphatic imine (C=N–C) groups is 1. The van der Waals surface area contributed by atoms with Crippen LogP contribution in [0, 0.1) is 5.92 Å². The number of anilines is 1. The number of hydrogen-bond donors (Lipinski definition) is 3.